The minimum absolute atomic E-state index is 0.170. The Kier molecular flexibility index (Phi) is 3.28. The first-order chi connectivity index (χ1) is 6.08. The van der Waals surface area contributed by atoms with Crippen LogP contribution < -0.4 is 5.32 Å². The Hall–Kier alpha value is -1.06. The van der Waals surface area contributed by atoms with E-state index in [1.807, 2.05) is 20.8 Å². The molecule has 74 valence electrons. The second kappa shape index (κ2) is 4.25. The predicted molar refractivity (Wildman–Crippen MR) is 54.2 cm³/mol. The van der Waals surface area contributed by atoms with Crippen molar-refractivity contribution >= 4 is 12.6 Å². The van der Waals surface area contributed by atoms with Crippen LogP contribution in [0.15, 0.2) is 10.1 Å². The fourth-order valence-corrected chi connectivity index (χ4v) is 0.891. The molecule has 1 aliphatic rings. The van der Waals surface area contributed by atoms with Crippen molar-refractivity contribution in [3.63, 3.8) is 0 Å². The van der Waals surface area contributed by atoms with Crippen LogP contribution >= 0.6 is 0 Å². The van der Waals surface area contributed by atoms with E-state index in [2.05, 4.69) is 15.5 Å². The van der Waals surface area contributed by atoms with E-state index >= 15 is 0 Å². The Balaban J connectivity index is 2.31. The third-order valence-corrected chi connectivity index (χ3v) is 1.50. The van der Waals surface area contributed by atoms with Crippen LogP contribution in [0.2, 0.25) is 0 Å². The summed E-state index contributed by atoms with van der Waals surface area (Å²) in [6, 6.07) is 0.170. The summed E-state index contributed by atoms with van der Waals surface area (Å²) >= 11 is 0. The van der Waals surface area contributed by atoms with Crippen molar-refractivity contribution in [2.45, 2.75) is 38.8 Å². The first-order valence-electron chi connectivity index (χ1n) is 4.55. The van der Waals surface area contributed by atoms with Gasteiger partial charge in [0.05, 0.1) is 18.6 Å². The summed E-state index contributed by atoms with van der Waals surface area (Å²) in [6.07, 6.45) is 4.45. The van der Waals surface area contributed by atoms with E-state index in [1.165, 1.54) is 0 Å². The fraction of sp³-hybridized carbons (Fsp3) is 0.778. The van der Waals surface area contributed by atoms with Crippen molar-refractivity contribution in [3.8, 4) is 0 Å². The maximum Gasteiger partial charge on any atom is 0.129 e. The zero-order chi connectivity index (χ0) is 9.73. The molecule has 4 heteroatoms. The van der Waals surface area contributed by atoms with E-state index in [4.69, 9.17) is 4.84 Å². The zero-order valence-corrected chi connectivity index (χ0v) is 8.45. The van der Waals surface area contributed by atoms with E-state index < -0.39 is 0 Å². The first-order valence-corrected chi connectivity index (χ1v) is 4.55. The molecule has 0 amide bonds. The third kappa shape index (κ3) is 4.50. The van der Waals surface area contributed by atoms with Crippen LogP contribution in [0.4, 0.5) is 0 Å². The first kappa shape index (κ1) is 10.0. The van der Waals surface area contributed by atoms with Gasteiger partial charge in [-0.3, -0.25) is 4.99 Å². The van der Waals surface area contributed by atoms with Crippen molar-refractivity contribution in [2.75, 3.05) is 6.54 Å². The van der Waals surface area contributed by atoms with Crippen molar-refractivity contribution in [2.24, 2.45) is 10.1 Å². The molecule has 0 radical (unpaired) electrons. The smallest absolute Gasteiger partial charge is 0.129 e. The molecule has 4 nitrogen and oxygen atoms in total. The number of hydrogen-bond acceptors (Lipinski definition) is 4. The number of oxime groups is 1. The maximum atomic E-state index is 5.21. The number of rotatable bonds is 2. The highest BCUT2D eigenvalue weighted by Gasteiger charge is 2.10. The van der Waals surface area contributed by atoms with Crippen molar-refractivity contribution in [3.05, 3.63) is 0 Å². The maximum absolute atomic E-state index is 5.21. The third-order valence-electron chi connectivity index (χ3n) is 1.50. The largest absolute Gasteiger partial charge is 0.390 e. The molecule has 0 saturated heterocycles. The molecule has 1 N–H and O–H groups in total. The lowest BCUT2D eigenvalue weighted by Gasteiger charge is -2.16. The highest BCUT2D eigenvalue weighted by atomic mass is 16.6. The van der Waals surface area contributed by atoms with E-state index in [-0.39, 0.29) is 11.6 Å². The van der Waals surface area contributed by atoms with Gasteiger partial charge in [0, 0.05) is 6.54 Å². The van der Waals surface area contributed by atoms with Crippen LogP contribution in [0.25, 0.3) is 0 Å². The molecular weight excluding hydrogens is 166 g/mol. The monoisotopic (exact) mass is 183 g/mol. The quantitative estimate of drug-likeness (QED) is 0.516. The van der Waals surface area contributed by atoms with Crippen LogP contribution in [0, 0.1) is 0 Å². The molecule has 1 aliphatic heterocycles. The summed E-state index contributed by atoms with van der Waals surface area (Å²) in [4.78, 5) is 9.39. The fourth-order valence-electron chi connectivity index (χ4n) is 0.891. The van der Waals surface area contributed by atoms with Crippen molar-refractivity contribution in [1.29, 1.82) is 0 Å². The minimum atomic E-state index is -0.215. The van der Waals surface area contributed by atoms with Gasteiger partial charge in [-0.2, -0.15) is 0 Å². The molecule has 0 spiro atoms. The Labute approximate surface area is 79.1 Å². The number of aliphatic imine (C=N–C) groups is 1. The highest BCUT2D eigenvalue weighted by Crippen LogP contribution is 2.07. The molecule has 1 heterocycles. The van der Waals surface area contributed by atoms with Gasteiger partial charge in [0.1, 0.15) is 5.60 Å². The van der Waals surface area contributed by atoms with Gasteiger partial charge < -0.3 is 10.2 Å². The van der Waals surface area contributed by atoms with E-state index in [9.17, 15) is 0 Å². The number of nitrogens with zero attached hydrogens (tertiary/aromatic N) is 2. The minimum Gasteiger partial charge on any atom is -0.390 e. The Morgan fingerprint density at radius 1 is 1.62 bits per heavy atom. The molecule has 13 heavy (non-hydrogen) atoms. The highest BCUT2D eigenvalue weighted by molar-refractivity contribution is 5.69. The molecule has 1 atom stereocenters. The van der Waals surface area contributed by atoms with Crippen LogP contribution in [0.3, 0.4) is 0 Å². The molecule has 1 unspecified atom stereocenters. The summed E-state index contributed by atoms with van der Waals surface area (Å²) in [5.41, 5.74) is -0.215. The second-order valence-corrected chi connectivity index (χ2v) is 4.05. The average Bonchev–Trinajstić information content (AvgIpc) is 2.04. The van der Waals surface area contributed by atoms with Crippen molar-refractivity contribution in [1.82, 2.24) is 5.32 Å². The van der Waals surface area contributed by atoms with Crippen LogP contribution in [-0.2, 0) is 4.84 Å². The molecule has 0 fully saturated rings. The molecule has 1 rings (SSSR count). The van der Waals surface area contributed by atoms with E-state index in [1.54, 1.807) is 12.6 Å². The van der Waals surface area contributed by atoms with Gasteiger partial charge in [0.15, 0.2) is 0 Å². The van der Waals surface area contributed by atoms with E-state index in [0.717, 1.165) is 13.0 Å². The second-order valence-electron chi connectivity index (χ2n) is 4.05. The van der Waals surface area contributed by atoms with E-state index in [0.29, 0.717) is 0 Å². The topological polar surface area (TPSA) is 46.0 Å². The summed E-state index contributed by atoms with van der Waals surface area (Å²) in [6.45, 7) is 6.86. The summed E-state index contributed by atoms with van der Waals surface area (Å²) in [7, 11) is 0. The normalized spacial score (nSPS) is 23.2. The van der Waals surface area contributed by atoms with Crippen LogP contribution in [-0.4, -0.2) is 30.7 Å². The van der Waals surface area contributed by atoms with Gasteiger partial charge in [-0.05, 0) is 27.2 Å². The zero-order valence-electron chi connectivity index (χ0n) is 8.45. The molecule has 0 aromatic rings. The van der Waals surface area contributed by atoms with Crippen LogP contribution in [0.5, 0.6) is 0 Å². The molecule has 0 aliphatic carbocycles. The number of nitrogens with one attached hydrogen (secondary N) is 1. The lowest BCUT2D eigenvalue weighted by molar-refractivity contribution is 0.00143. The summed E-state index contributed by atoms with van der Waals surface area (Å²) in [5, 5.41) is 6.93. The Morgan fingerprint density at radius 3 is 2.92 bits per heavy atom. The standard InChI is InChI=1S/C9H17N3O/c1-9(2,3)13-12-6-8-4-5-10-7-11-8/h6-8H,4-5H2,1-3H3,(H,10,11). The SMILES string of the molecule is CC(C)(C)ON=CC1CCNC=N1. The van der Waals surface area contributed by atoms with Gasteiger partial charge in [0.2, 0.25) is 0 Å². The molecule has 0 saturated carbocycles. The predicted octanol–water partition coefficient (Wildman–Crippen LogP) is 1.18. The summed E-state index contributed by atoms with van der Waals surface area (Å²) < 4.78 is 0. The molecular formula is C9H17N3O. The van der Waals surface area contributed by atoms with Gasteiger partial charge in [0.25, 0.3) is 0 Å². The average molecular weight is 183 g/mol. The lowest BCUT2D eigenvalue weighted by atomic mass is 10.2. The van der Waals surface area contributed by atoms with Gasteiger partial charge in [-0.15, -0.1) is 0 Å². The Morgan fingerprint density at radius 2 is 2.38 bits per heavy atom. The lowest BCUT2D eigenvalue weighted by Crippen LogP contribution is -2.26. The molecule has 0 aromatic carbocycles. The summed E-state index contributed by atoms with van der Waals surface area (Å²) in [5.74, 6) is 0. The Bertz CT molecular complexity index is 205. The van der Waals surface area contributed by atoms with Gasteiger partial charge in [-0.1, -0.05) is 5.16 Å². The van der Waals surface area contributed by atoms with Gasteiger partial charge >= 0.3 is 0 Å². The molecule has 0 bridgehead atoms. The van der Waals surface area contributed by atoms with Crippen LogP contribution in [0.1, 0.15) is 27.2 Å². The van der Waals surface area contributed by atoms with Gasteiger partial charge in [-0.25, -0.2) is 0 Å². The molecule has 0 aromatic heterocycles. The number of hydrogen-bond donors (Lipinski definition) is 1. The van der Waals surface area contributed by atoms with Crippen molar-refractivity contribution < 1.29 is 4.84 Å².